The van der Waals surface area contributed by atoms with E-state index in [1.165, 1.54) is 23.8 Å². The van der Waals surface area contributed by atoms with Crippen LogP contribution in [-0.4, -0.2) is 24.9 Å². The van der Waals surface area contributed by atoms with E-state index in [2.05, 4.69) is 16.9 Å². The molecule has 2 aromatic carbocycles. The van der Waals surface area contributed by atoms with Crippen LogP contribution < -0.4 is 15.8 Å². The highest BCUT2D eigenvalue weighted by molar-refractivity contribution is 5.95. The first-order chi connectivity index (χ1) is 11.6. The van der Waals surface area contributed by atoms with Crippen LogP contribution in [0.3, 0.4) is 0 Å². The average Bonchev–Trinajstić information content (AvgIpc) is 2.60. The van der Waals surface area contributed by atoms with Crippen molar-refractivity contribution in [2.75, 3.05) is 18.0 Å². The molecule has 3 rings (SSSR count). The molecule has 0 aliphatic carbocycles. The first kappa shape index (κ1) is 16.0. The van der Waals surface area contributed by atoms with Crippen LogP contribution in [0, 0.1) is 5.82 Å². The van der Waals surface area contributed by atoms with Crippen LogP contribution in [0.2, 0.25) is 0 Å². The molecule has 2 N–H and O–H groups in total. The topological polar surface area (TPSA) is 61.4 Å². The number of hydrazine groups is 1. The van der Waals surface area contributed by atoms with E-state index >= 15 is 0 Å². The summed E-state index contributed by atoms with van der Waals surface area (Å²) in [4.78, 5) is 26.0. The minimum atomic E-state index is -0.554. The Balaban J connectivity index is 1.56. The van der Waals surface area contributed by atoms with Gasteiger partial charge in [0.15, 0.2) is 0 Å². The summed E-state index contributed by atoms with van der Waals surface area (Å²) in [5.41, 5.74) is 7.11. The molecular weight excluding hydrogens is 309 g/mol. The van der Waals surface area contributed by atoms with Crippen LogP contribution in [0.15, 0.2) is 48.5 Å². The van der Waals surface area contributed by atoms with Gasteiger partial charge in [-0.2, -0.15) is 0 Å². The van der Waals surface area contributed by atoms with Crippen LogP contribution in [0.5, 0.6) is 0 Å². The third-order valence-corrected chi connectivity index (χ3v) is 3.94. The number of hydrogen-bond donors (Lipinski definition) is 2. The fourth-order valence-corrected chi connectivity index (χ4v) is 2.82. The van der Waals surface area contributed by atoms with Crippen LogP contribution in [0.25, 0.3) is 0 Å². The molecule has 6 heteroatoms. The van der Waals surface area contributed by atoms with Gasteiger partial charge in [0, 0.05) is 17.8 Å². The van der Waals surface area contributed by atoms with Crippen molar-refractivity contribution >= 4 is 17.5 Å². The van der Waals surface area contributed by atoms with Gasteiger partial charge in [-0.1, -0.05) is 24.3 Å². The SMILES string of the molecule is O=C(CN1CCCc2ccccc21)NNC(=O)c1cccc(F)c1. The molecule has 1 aliphatic rings. The number of amides is 2. The average molecular weight is 327 g/mol. The van der Waals surface area contributed by atoms with Gasteiger partial charge >= 0.3 is 0 Å². The van der Waals surface area contributed by atoms with E-state index in [9.17, 15) is 14.0 Å². The molecule has 0 aromatic heterocycles. The minimum absolute atomic E-state index is 0.151. The number of hydrogen-bond acceptors (Lipinski definition) is 3. The number of fused-ring (bicyclic) bond motifs is 1. The van der Waals surface area contributed by atoms with Gasteiger partial charge in [-0.3, -0.25) is 20.4 Å². The second-order valence-electron chi connectivity index (χ2n) is 5.67. The number of nitrogens with one attached hydrogen (secondary N) is 2. The molecule has 0 saturated heterocycles. The first-order valence-corrected chi connectivity index (χ1v) is 7.81. The summed E-state index contributed by atoms with van der Waals surface area (Å²) in [5, 5.41) is 0. The summed E-state index contributed by atoms with van der Waals surface area (Å²) in [6.07, 6.45) is 1.99. The zero-order valence-corrected chi connectivity index (χ0v) is 13.1. The molecule has 2 aromatic rings. The molecule has 0 radical (unpaired) electrons. The highest BCUT2D eigenvalue weighted by Gasteiger charge is 2.18. The summed E-state index contributed by atoms with van der Waals surface area (Å²) in [6, 6.07) is 13.3. The van der Waals surface area contributed by atoms with Gasteiger partial charge in [0.2, 0.25) is 0 Å². The molecule has 0 atom stereocenters. The normalized spacial score (nSPS) is 13.1. The number of aryl methyl sites for hydroxylation is 1. The van der Waals surface area contributed by atoms with Gasteiger partial charge in [-0.05, 0) is 42.7 Å². The second kappa shape index (κ2) is 7.12. The molecule has 24 heavy (non-hydrogen) atoms. The molecule has 5 nitrogen and oxygen atoms in total. The molecule has 1 heterocycles. The van der Waals surface area contributed by atoms with Gasteiger partial charge in [-0.15, -0.1) is 0 Å². The van der Waals surface area contributed by atoms with Crippen molar-refractivity contribution in [1.82, 2.24) is 10.9 Å². The Hall–Kier alpha value is -2.89. The van der Waals surface area contributed by atoms with Gasteiger partial charge in [0.1, 0.15) is 5.82 Å². The lowest BCUT2D eigenvalue weighted by molar-refractivity contribution is -0.120. The van der Waals surface area contributed by atoms with Crippen molar-refractivity contribution < 1.29 is 14.0 Å². The lowest BCUT2D eigenvalue weighted by atomic mass is 10.0. The van der Waals surface area contributed by atoms with Gasteiger partial charge in [-0.25, -0.2) is 4.39 Å². The minimum Gasteiger partial charge on any atom is -0.362 e. The molecule has 0 spiro atoms. The lowest BCUT2D eigenvalue weighted by Crippen LogP contribution is -2.47. The maximum absolute atomic E-state index is 13.1. The van der Waals surface area contributed by atoms with Gasteiger partial charge in [0.25, 0.3) is 11.8 Å². The maximum Gasteiger partial charge on any atom is 0.269 e. The van der Waals surface area contributed by atoms with Crippen molar-refractivity contribution in [3.05, 3.63) is 65.5 Å². The van der Waals surface area contributed by atoms with Crippen LogP contribution >= 0.6 is 0 Å². The predicted molar refractivity (Wildman–Crippen MR) is 89.0 cm³/mol. The first-order valence-electron chi connectivity index (χ1n) is 7.81. The van der Waals surface area contributed by atoms with E-state index in [-0.39, 0.29) is 18.0 Å². The van der Waals surface area contributed by atoms with E-state index in [1.807, 2.05) is 23.1 Å². The number of carbonyl (C=O) groups is 2. The summed E-state index contributed by atoms with van der Waals surface area (Å²) in [7, 11) is 0. The van der Waals surface area contributed by atoms with Gasteiger partial charge < -0.3 is 4.90 Å². The van der Waals surface area contributed by atoms with E-state index in [0.717, 1.165) is 31.1 Å². The fourth-order valence-electron chi connectivity index (χ4n) is 2.82. The smallest absolute Gasteiger partial charge is 0.269 e. The third kappa shape index (κ3) is 3.71. The summed E-state index contributed by atoms with van der Waals surface area (Å²) >= 11 is 0. The van der Waals surface area contributed by atoms with Crippen molar-refractivity contribution in [3.63, 3.8) is 0 Å². The molecule has 0 saturated carbocycles. The summed E-state index contributed by atoms with van der Waals surface area (Å²) in [5.74, 6) is -1.38. The Labute approximate surface area is 139 Å². The van der Waals surface area contributed by atoms with Crippen LogP contribution in [-0.2, 0) is 11.2 Å². The molecule has 0 unspecified atom stereocenters. The highest BCUT2D eigenvalue weighted by Crippen LogP contribution is 2.26. The molecule has 0 fully saturated rings. The predicted octanol–water partition coefficient (Wildman–Crippen LogP) is 2.04. The Kier molecular flexibility index (Phi) is 4.74. The van der Waals surface area contributed by atoms with Crippen LogP contribution in [0.1, 0.15) is 22.3 Å². The Bertz CT molecular complexity index is 763. The zero-order chi connectivity index (χ0) is 16.9. The van der Waals surface area contributed by atoms with Crippen molar-refractivity contribution in [2.24, 2.45) is 0 Å². The number of rotatable bonds is 3. The number of anilines is 1. The quantitative estimate of drug-likeness (QED) is 0.848. The van der Waals surface area contributed by atoms with Crippen molar-refractivity contribution in [1.29, 1.82) is 0 Å². The Morgan fingerprint density at radius 1 is 1.08 bits per heavy atom. The number of para-hydroxylation sites is 1. The number of benzene rings is 2. The van der Waals surface area contributed by atoms with E-state index in [1.54, 1.807) is 0 Å². The Morgan fingerprint density at radius 2 is 1.92 bits per heavy atom. The molecular formula is C18H18FN3O2. The number of halogens is 1. The second-order valence-corrected chi connectivity index (χ2v) is 5.67. The van der Waals surface area contributed by atoms with E-state index in [0.29, 0.717) is 0 Å². The molecule has 1 aliphatic heterocycles. The largest absolute Gasteiger partial charge is 0.362 e. The van der Waals surface area contributed by atoms with E-state index < -0.39 is 11.7 Å². The van der Waals surface area contributed by atoms with Crippen molar-refractivity contribution in [2.45, 2.75) is 12.8 Å². The number of carbonyl (C=O) groups excluding carboxylic acids is 2. The zero-order valence-electron chi connectivity index (χ0n) is 13.1. The monoisotopic (exact) mass is 327 g/mol. The Morgan fingerprint density at radius 3 is 2.75 bits per heavy atom. The van der Waals surface area contributed by atoms with Crippen molar-refractivity contribution in [3.8, 4) is 0 Å². The lowest BCUT2D eigenvalue weighted by Gasteiger charge is -2.30. The molecule has 0 bridgehead atoms. The summed E-state index contributed by atoms with van der Waals surface area (Å²) in [6.45, 7) is 0.947. The third-order valence-electron chi connectivity index (χ3n) is 3.94. The number of nitrogens with zero attached hydrogens (tertiary/aromatic N) is 1. The van der Waals surface area contributed by atoms with Gasteiger partial charge in [0.05, 0.1) is 6.54 Å². The molecule has 124 valence electrons. The van der Waals surface area contributed by atoms with E-state index in [4.69, 9.17) is 0 Å². The van der Waals surface area contributed by atoms with Crippen LogP contribution in [0.4, 0.5) is 10.1 Å². The molecule has 2 amide bonds. The summed E-state index contributed by atoms with van der Waals surface area (Å²) < 4.78 is 13.1. The maximum atomic E-state index is 13.1. The fraction of sp³-hybridized carbons (Fsp3) is 0.222. The standard InChI is InChI=1S/C18H18FN3O2/c19-15-8-3-6-14(11-15)18(24)21-20-17(23)12-22-10-4-7-13-5-1-2-9-16(13)22/h1-3,5-6,8-9,11H,4,7,10,12H2,(H,20,23)(H,21,24). The highest BCUT2D eigenvalue weighted by atomic mass is 19.1.